The van der Waals surface area contributed by atoms with Crippen molar-refractivity contribution in [2.75, 3.05) is 11.9 Å². The summed E-state index contributed by atoms with van der Waals surface area (Å²) in [7, 11) is 0. The van der Waals surface area contributed by atoms with Gasteiger partial charge in [0.05, 0.1) is 0 Å². The van der Waals surface area contributed by atoms with Gasteiger partial charge in [-0.2, -0.15) is 0 Å². The van der Waals surface area contributed by atoms with Crippen LogP contribution in [0.15, 0.2) is 18.2 Å². The smallest absolute Gasteiger partial charge is 0.233 e. The molecular weight excluding hydrogens is 264 g/mol. The van der Waals surface area contributed by atoms with Crippen LogP contribution in [0.5, 0.6) is 0 Å². The number of hydrogen-bond donors (Lipinski definition) is 2. The Kier molecular flexibility index (Phi) is 6.36. The quantitative estimate of drug-likeness (QED) is 0.623. The fourth-order valence-corrected chi connectivity index (χ4v) is 1.67. The summed E-state index contributed by atoms with van der Waals surface area (Å²) in [5.41, 5.74) is 1.54. The highest BCUT2D eigenvalue weighted by molar-refractivity contribution is 6.31. The van der Waals surface area contributed by atoms with Crippen LogP contribution in [0.1, 0.15) is 31.7 Å². The molecule has 104 valence electrons. The molecule has 0 unspecified atom stereocenters. The van der Waals surface area contributed by atoms with E-state index in [9.17, 15) is 9.59 Å². The topological polar surface area (TPSA) is 58.2 Å². The van der Waals surface area contributed by atoms with Crippen LogP contribution in [0.25, 0.3) is 0 Å². The first-order valence-electron chi connectivity index (χ1n) is 6.35. The fraction of sp³-hybridized carbons (Fsp3) is 0.429. The maximum atomic E-state index is 11.6. The van der Waals surface area contributed by atoms with Gasteiger partial charge < -0.3 is 10.6 Å². The zero-order valence-corrected chi connectivity index (χ0v) is 12.0. The van der Waals surface area contributed by atoms with Gasteiger partial charge in [-0.3, -0.25) is 9.59 Å². The van der Waals surface area contributed by atoms with E-state index in [0.717, 1.165) is 18.4 Å². The highest BCUT2D eigenvalue weighted by Gasteiger charge is 2.09. The molecule has 0 heterocycles. The minimum absolute atomic E-state index is 0.171. The number of carbonyl (C=O) groups is 2. The Morgan fingerprint density at radius 3 is 2.63 bits per heavy atom. The number of nitrogens with one attached hydrogen (secondary N) is 2. The van der Waals surface area contributed by atoms with Crippen LogP contribution >= 0.6 is 11.6 Å². The summed E-state index contributed by atoms with van der Waals surface area (Å²) >= 11 is 5.96. The lowest BCUT2D eigenvalue weighted by atomic mass is 10.2. The normalized spacial score (nSPS) is 10.1. The van der Waals surface area contributed by atoms with Crippen LogP contribution in [-0.2, 0) is 9.59 Å². The Morgan fingerprint density at radius 1 is 1.26 bits per heavy atom. The van der Waals surface area contributed by atoms with Crippen molar-refractivity contribution in [3.63, 3.8) is 0 Å². The number of amides is 2. The minimum Gasteiger partial charge on any atom is -0.356 e. The molecule has 1 aromatic carbocycles. The summed E-state index contributed by atoms with van der Waals surface area (Å²) in [5, 5.41) is 5.93. The molecular formula is C14H19ClN2O2. The van der Waals surface area contributed by atoms with Gasteiger partial charge in [0.1, 0.15) is 6.42 Å². The van der Waals surface area contributed by atoms with E-state index in [2.05, 4.69) is 10.6 Å². The average Bonchev–Trinajstić information content (AvgIpc) is 2.34. The second kappa shape index (κ2) is 7.79. The van der Waals surface area contributed by atoms with Crippen molar-refractivity contribution in [3.05, 3.63) is 28.8 Å². The monoisotopic (exact) mass is 282 g/mol. The molecule has 0 saturated carbocycles. The van der Waals surface area contributed by atoms with Gasteiger partial charge in [0, 0.05) is 17.3 Å². The lowest BCUT2D eigenvalue weighted by molar-refractivity contribution is -0.126. The molecule has 2 amide bonds. The van der Waals surface area contributed by atoms with Crippen molar-refractivity contribution in [2.24, 2.45) is 0 Å². The first-order valence-corrected chi connectivity index (χ1v) is 6.73. The number of hydrogen-bond acceptors (Lipinski definition) is 2. The SMILES string of the molecule is CCCCNC(=O)CC(=O)Nc1ccc(C)c(Cl)c1. The van der Waals surface area contributed by atoms with Gasteiger partial charge in [0.25, 0.3) is 0 Å². The summed E-state index contributed by atoms with van der Waals surface area (Å²) in [4.78, 5) is 23.1. The first kappa shape index (κ1) is 15.5. The van der Waals surface area contributed by atoms with Gasteiger partial charge in [0.15, 0.2) is 0 Å². The van der Waals surface area contributed by atoms with Crippen molar-refractivity contribution < 1.29 is 9.59 Å². The average molecular weight is 283 g/mol. The standard InChI is InChI=1S/C14H19ClN2O2/c1-3-4-7-16-13(18)9-14(19)17-11-6-5-10(2)12(15)8-11/h5-6,8H,3-4,7,9H2,1-2H3,(H,16,18)(H,17,19). The summed E-state index contributed by atoms with van der Waals surface area (Å²) in [5.74, 6) is -0.599. The van der Waals surface area contributed by atoms with Crippen molar-refractivity contribution in [1.82, 2.24) is 5.32 Å². The largest absolute Gasteiger partial charge is 0.356 e. The highest BCUT2D eigenvalue weighted by atomic mass is 35.5. The number of rotatable bonds is 6. The zero-order chi connectivity index (χ0) is 14.3. The van der Waals surface area contributed by atoms with E-state index in [1.165, 1.54) is 0 Å². The number of aryl methyl sites for hydroxylation is 1. The predicted molar refractivity (Wildman–Crippen MR) is 77.4 cm³/mol. The molecule has 0 fully saturated rings. The number of unbranched alkanes of at least 4 members (excludes halogenated alkanes) is 1. The van der Waals surface area contributed by atoms with Gasteiger partial charge in [0.2, 0.25) is 11.8 Å². The van der Waals surface area contributed by atoms with Gasteiger partial charge >= 0.3 is 0 Å². The Hall–Kier alpha value is -1.55. The molecule has 1 rings (SSSR count). The Bertz CT molecular complexity index is 461. The highest BCUT2D eigenvalue weighted by Crippen LogP contribution is 2.19. The van der Waals surface area contributed by atoms with Crippen molar-refractivity contribution >= 4 is 29.1 Å². The van der Waals surface area contributed by atoms with E-state index >= 15 is 0 Å². The van der Waals surface area contributed by atoms with Crippen LogP contribution in [-0.4, -0.2) is 18.4 Å². The number of anilines is 1. The van der Waals surface area contributed by atoms with Crippen LogP contribution < -0.4 is 10.6 Å². The van der Waals surface area contributed by atoms with E-state index in [4.69, 9.17) is 11.6 Å². The lowest BCUT2D eigenvalue weighted by Crippen LogP contribution is -2.28. The van der Waals surface area contributed by atoms with Gasteiger partial charge in [-0.15, -0.1) is 0 Å². The van der Waals surface area contributed by atoms with Crippen LogP contribution in [0.3, 0.4) is 0 Å². The molecule has 4 nitrogen and oxygen atoms in total. The van der Waals surface area contributed by atoms with E-state index in [1.807, 2.05) is 19.9 Å². The first-order chi connectivity index (χ1) is 9.02. The van der Waals surface area contributed by atoms with Gasteiger partial charge in [-0.05, 0) is 31.0 Å². The maximum Gasteiger partial charge on any atom is 0.233 e. The molecule has 0 saturated heterocycles. The second-order valence-corrected chi connectivity index (χ2v) is 4.80. The third-order valence-electron chi connectivity index (χ3n) is 2.63. The van der Waals surface area contributed by atoms with Crippen molar-refractivity contribution in [3.8, 4) is 0 Å². The van der Waals surface area contributed by atoms with E-state index in [0.29, 0.717) is 17.3 Å². The van der Waals surface area contributed by atoms with E-state index in [-0.39, 0.29) is 18.2 Å². The van der Waals surface area contributed by atoms with Gasteiger partial charge in [-0.25, -0.2) is 0 Å². The molecule has 5 heteroatoms. The Balaban J connectivity index is 2.42. The number of benzene rings is 1. The maximum absolute atomic E-state index is 11.6. The molecule has 2 N–H and O–H groups in total. The molecule has 0 aromatic heterocycles. The molecule has 0 aliphatic carbocycles. The summed E-state index contributed by atoms with van der Waals surface area (Å²) in [6.45, 7) is 4.54. The Morgan fingerprint density at radius 2 is 2.00 bits per heavy atom. The third-order valence-corrected chi connectivity index (χ3v) is 3.04. The van der Waals surface area contributed by atoms with Gasteiger partial charge in [-0.1, -0.05) is 31.0 Å². The molecule has 19 heavy (non-hydrogen) atoms. The number of halogens is 1. The predicted octanol–water partition coefficient (Wildman–Crippen LogP) is 2.89. The molecule has 0 bridgehead atoms. The van der Waals surface area contributed by atoms with Crippen LogP contribution in [0, 0.1) is 6.92 Å². The van der Waals surface area contributed by atoms with Crippen LogP contribution in [0.2, 0.25) is 5.02 Å². The molecule has 0 radical (unpaired) electrons. The van der Waals surface area contributed by atoms with E-state index < -0.39 is 0 Å². The third kappa shape index (κ3) is 5.75. The van der Waals surface area contributed by atoms with E-state index in [1.54, 1.807) is 12.1 Å². The molecule has 0 atom stereocenters. The Labute approximate surface area is 118 Å². The van der Waals surface area contributed by atoms with Crippen LogP contribution in [0.4, 0.5) is 5.69 Å². The molecule has 0 aliphatic rings. The van der Waals surface area contributed by atoms with Crippen molar-refractivity contribution in [2.45, 2.75) is 33.1 Å². The summed E-state index contributed by atoms with van der Waals surface area (Å²) < 4.78 is 0. The zero-order valence-electron chi connectivity index (χ0n) is 11.3. The molecule has 0 aliphatic heterocycles. The fourth-order valence-electron chi connectivity index (χ4n) is 1.49. The minimum atomic E-state index is -0.339. The van der Waals surface area contributed by atoms with Crippen molar-refractivity contribution in [1.29, 1.82) is 0 Å². The second-order valence-electron chi connectivity index (χ2n) is 4.39. The molecule has 1 aromatic rings. The lowest BCUT2D eigenvalue weighted by Gasteiger charge is -2.07. The summed E-state index contributed by atoms with van der Waals surface area (Å²) in [6, 6.07) is 5.25. The molecule has 0 spiro atoms. The number of carbonyl (C=O) groups excluding carboxylic acids is 2. The summed E-state index contributed by atoms with van der Waals surface area (Å²) in [6.07, 6.45) is 1.75.